The molecule has 3 rings (SSSR count). The zero-order chi connectivity index (χ0) is 17.1. The molecule has 1 amide bonds. The summed E-state index contributed by atoms with van der Waals surface area (Å²) in [6, 6.07) is 8.74. The van der Waals surface area contributed by atoms with E-state index in [9.17, 15) is 13.6 Å². The maximum Gasteiger partial charge on any atom is 0.233 e. The van der Waals surface area contributed by atoms with Crippen molar-refractivity contribution in [3.05, 3.63) is 53.6 Å². The standard InChI is InChI=1S/C17H15F2NO3S/c1-10(24-16-5-3-12(18)7-13(16)19)17(21)20-8-11-2-4-14-15(6-11)23-9-22-14/h2-7,10H,8-9H2,1H3,(H,20,21)/t10-/m0/s1. The van der Waals surface area contributed by atoms with E-state index in [2.05, 4.69) is 5.32 Å². The van der Waals surface area contributed by atoms with Crippen LogP contribution in [0.1, 0.15) is 12.5 Å². The van der Waals surface area contributed by atoms with Gasteiger partial charge in [0.2, 0.25) is 12.7 Å². The summed E-state index contributed by atoms with van der Waals surface area (Å²) in [5.41, 5.74) is 0.873. The van der Waals surface area contributed by atoms with E-state index in [-0.39, 0.29) is 17.6 Å². The fourth-order valence-corrected chi connectivity index (χ4v) is 3.09. The lowest BCUT2D eigenvalue weighted by atomic mass is 10.2. The van der Waals surface area contributed by atoms with Gasteiger partial charge in [-0.25, -0.2) is 8.78 Å². The van der Waals surface area contributed by atoms with E-state index in [1.54, 1.807) is 19.1 Å². The minimum Gasteiger partial charge on any atom is -0.454 e. The molecule has 1 N–H and O–H groups in total. The Morgan fingerprint density at radius 2 is 2.00 bits per heavy atom. The van der Waals surface area contributed by atoms with Crippen LogP contribution in [0.2, 0.25) is 0 Å². The normalized spacial score (nSPS) is 13.6. The summed E-state index contributed by atoms with van der Waals surface area (Å²) in [5, 5.41) is 2.27. The molecule has 1 atom stereocenters. The minimum absolute atomic E-state index is 0.196. The topological polar surface area (TPSA) is 47.6 Å². The van der Waals surface area contributed by atoms with Gasteiger partial charge < -0.3 is 14.8 Å². The van der Waals surface area contributed by atoms with Crippen LogP contribution in [0.15, 0.2) is 41.3 Å². The van der Waals surface area contributed by atoms with E-state index in [0.29, 0.717) is 18.0 Å². The Morgan fingerprint density at radius 3 is 2.79 bits per heavy atom. The number of hydrogen-bond donors (Lipinski definition) is 1. The molecule has 1 aliphatic heterocycles. The third kappa shape index (κ3) is 3.79. The first kappa shape index (κ1) is 16.6. The van der Waals surface area contributed by atoms with Gasteiger partial charge in [0.1, 0.15) is 11.6 Å². The van der Waals surface area contributed by atoms with Gasteiger partial charge in [0.15, 0.2) is 11.5 Å². The van der Waals surface area contributed by atoms with Crippen LogP contribution >= 0.6 is 11.8 Å². The van der Waals surface area contributed by atoms with Crippen LogP contribution in [0.3, 0.4) is 0 Å². The maximum atomic E-state index is 13.6. The summed E-state index contributed by atoms with van der Waals surface area (Å²) in [5.74, 6) is -0.216. The number of rotatable bonds is 5. The molecule has 24 heavy (non-hydrogen) atoms. The Morgan fingerprint density at radius 1 is 1.21 bits per heavy atom. The van der Waals surface area contributed by atoms with Crippen molar-refractivity contribution < 1.29 is 23.0 Å². The molecule has 0 unspecified atom stereocenters. The zero-order valence-corrected chi connectivity index (χ0v) is 13.7. The Bertz CT molecular complexity index is 769. The molecule has 4 nitrogen and oxygen atoms in total. The second kappa shape index (κ2) is 7.09. The van der Waals surface area contributed by atoms with Gasteiger partial charge in [-0.3, -0.25) is 4.79 Å². The Labute approximate surface area is 142 Å². The smallest absolute Gasteiger partial charge is 0.233 e. The molecule has 2 aromatic carbocycles. The number of amides is 1. The van der Waals surface area contributed by atoms with Crippen LogP contribution in [0.25, 0.3) is 0 Å². The molecule has 0 aliphatic carbocycles. The van der Waals surface area contributed by atoms with Crippen molar-refractivity contribution in [3.8, 4) is 11.5 Å². The highest BCUT2D eigenvalue weighted by Crippen LogP contribution is 2.32. The maximum absolute atomic E-state index is 13.6. The summed E-state index contributed by atoms with van der Waals surface area (Å²) >= 11 is 1.04. The van der Waals surface area contributed by atoms with Gasteiger partial charge in [-0.05, 0) is 36.8 Å². The molecule has 0 bridgehead atoms. The van der Waals surface area contributed by atoms with Crippen LogP contribution < -0.4 is 14.8 Å². The summed E-state index contributed by atoms with van der Waals surface area (Å²) < 4.78 is 37.0. The number of nitrogens with one attached hydrogen (secondary N) is 1. The second-order valence-electron chi connectivity index (χ2n) is 5.24. The highest BCUT2D eigenvalue weighted by molar-refractivity contribution is 8.00. The van der Waals surface area contributed by atoms with Gasteiger partial charge in [0, 0.05) is 17.5 Å². The lowest BCUT2D eigenvalue weighted by Gasteiger charge is -2.13. The lowest BCUT2D eigenvalue weighted by Crippen LogP contribution is -2.30. The second-order valence-corrected chi connectivity index (χ2v) is 6.62. The van der Waals surface area contributed by atoms with Gasteiger partial charge >= 0.3 is 0 Å². The van der Waals surface area contributed by atoms with Crippen molar-refractivity contribution >= 4 is 17.7 Å². The summed E-state index contributed by atoms with van der Waals surface area (Å²) in [6.07, 6.45) is 0. The van der Waals surface area contributed by atoms with E-state index < -0.39 is 16.9 Å². The van der Waals surface area contributed by atoms with Crippen LogP contribution in [0.4, 0.5) is 8.78 Å². The molecule has 0 radical (unpaired) electrons. The quantitative estimate of drug-likeness (QED) is 0.838. The van der Waals surface area contributed by atoms with E-state index in [4.69, 9.17) is 9.47 Å². The first-order chi connectivity index (χ1) is 11.5. The third-order valence-corrected chi connectivity index (χ3v) is 4.62. The van der Waals surface area contributed by atoms with E-state index in [1.807, 2.05) is 6.07 Å². The fourth-order valence-electron chi connectivity index (χ4n) is 2.20. The van der Waals surface area contributed by atoms with E-state index in [1.165, 1.54) is 12.1 Å². The molecule has 7 heteroatoms. The molecule has 126 valence electrons. The first-order valence-corrected chi connectivity index (χ1v) is 8.19. The van der Waals surface area contributed by atoms with Crippen LogP contribution in [-0.2, 0) is 11.3 Å². The molecule has 0 fully saturated rings. The van der Waals surface area contributed by atoms with Gasteiger partial charge in [0.05, 0.1) is 5.25 Å². The Balaban J connectivity index is 1.56. The number of benzene rings is 2. The summed E-state index contributed by atoms with van der Waals surface area (Å²) in [4.78, 5) is 12.4. The van der Waals surface area contributed by atoms with Gasteiger partial charge in [0.25, 0.3) is 0 Å². The summed E-state index contributed by atoms with van der Waals surface area (Å²) in [6.45, 7) is 2.19. The minimum atomic E-state index is -0.671. The number of thioether (sulfide) groups is 1. The highest BCUT2D eigenvalue weighted by Gasteiger charge is 2.17. The van der Waals surface area contributed by atoms with Crippen LogP contribution in [0.5, 0.6) is 11.5 Å². The molecule has 0 aromatic heterocycles. The largest absolute Gasteiger partial charge is 0.454 e. The SMILES string of the molecule is C[C@H](Sc1ccc(F)cc1F)C(=O)NCc1ccc2c(c1)OCO2. The van der Waals surface area contributed by atoms with Crippen molar-refractivity contribution in [2.75, 3.05) is 6.79 Å². The molecule has 0 spiro atoms. The fraction of sp³-hybridized carbons (Fsp3) is 0.235. The average molecular weight is 351 g/mol. The van der Waals surface area contributed by atoms with Crippen molar-refractivity contribution in [2.45, 2.75) is 23.6 Å². The van der Waals surface area contributed by atoms with E-state index in [0.717, 1.165) is 23.4 Å². The molecule has 0 saturated carbocycles. The summed E-state index contributed by atoms with van der Waals surface area (Å²) in [7, 11) is 0. The number of hydrogen-bond acceptors (Lipinski definition) is 4. The predicted octanol–water partition coefficient (Wildman–Crippen LogP) is 3.49. The molecule has 1 aliphatic rings. The van der Waals surface area contributed by atoms with Gasteiger partial charge in [-0.1, -0.05) is 6.07 Å². The molecule has 2 aromatic rings. The molecular formula is C17H15F2NO3S. The van der Waals surface area contributed by atoms with Crippen LogP contribution in [-0.4, -0.2) is 18.0 Å². The van der Waals surface area contributed by atoms with Gasteiger partial charge in [-0.15, -0.1) is 11.8 Å². The monoisotopic (exact) mass is 351 g/mol. The van der Waals surface area contributed by atoms with E-state index >= 15 is 0 Å². The number of fused-ring (bicyclic) bond motifs is 1. The molecule has 1 heterocycles. The number of ether oxygens (including phenoxy) is 2. The molecule has 0 saturated heterocycles. The van der Waals surface area contributed by atoms with Gasteiger partial charge in [-0.2, -0.15) is 0 Å². The predicted molar refractivity (Wildman–Crippen MR) is 86.1 cm³/mol. The van der Waals surface area contributed by atoms with Crippen molar-refractivity contribution in [1.29, 1.82) is 0 Å². The molecular weight excluding hydrogens is 336 g/mol. The first-order valence-electron chi connectivity index (χ1n) is 7.31. The zero-order valence-electron chi connectivity index (χ0n) is 12.8. The van der Waals surface area contributed by atoms with Crippen LogP contribution in [0, 0.1) is 11.6 Å². The Hall–Kier alpha value is -2.28. The lowest BCUT2D eigenvalue weighted by molar-refractivity contribution is -0.120. The van der Waals surface area contributed by atoms with Crippen molar-refractivity contribution in [2.24, 2.45) is 0 Å². The van der Waals surface area contributed by atoms with Crippen molar-refractivity contribution in [3.63, 3.8) is 0 Å². The third-order valence-electron chi connectivity index (χ3n) is 3.47. The number of carbonyl (C=O) groups excluding carboxylic acids is 1. The number of carbonyl (C=O) groups is 1. The van der Waals surface area contributed by atoms with Crippen molar-refractivity contribution in [1.82, 2.24) is 5.32 Å². The average Bonchev–Trinajstić information content (AvgIpc) is 3.02. The highest BCUT2D eigenvalue weighted by atomic mass is 32.2. The Kier molecular flexibility index (Phi) is 4.89. The number of halogens is 2.